The molecule has 1 N–H and O–H groups in total. The summed E-state index contributed by atoms with van der Waals surface area (Å²) < 4.78 is 0. The summed E-state index contributed by atoms with van der Waals surface area (Å²) in [5.41, 5.74) is 2.17. The van der Waals surface area contributed by atoms with Crippen molar-refractivity contribution in [3.8, 4) is 0 Å². The second-order valence-corrected chi connectivity index (χ2v) is 5.75. The van der Waals surface area contributed by atoms with Crippen LogP contribution >= 0.6 is 0 Å². The van der Waals surface area contributed by atoms with Gasteiger partial charge >= 0.3 is 5.97 Å². The van der Waals surface area contributed by atoms with Crippen molar-refractivity contribution in [1.29, 1.82) is 0 Å². The van der Waals surface area contributed by atoms with Crippen molar-refractivity contribution in [2.24, 2.45) is 5.92 Å². The number of carboxylic acid groups (broad SMARTS) is 1. The first-order valence-corrected chi connectivity index (χ1v) is 7.17. The highest BCUT2D eigenvalue weighted by Gasteiger charge is 2.35. The number of likely N-dealkylation sites (N-methyl/N-ethyl adjacent to an activating group) is 1. The van der Waals surface area contributed by atoms with Crippen LogP contribution in [0.1, 0.15) is 17.5 Å². The smallest absolute Gasteiger partial charge is 0.323 e. The van der Waals surface area contributed by atoms with Crippen LogP contribution in [0.3, 0.4) is 0 Å². The molecule has 0 bridgehead atoms. The van der Waals surface area contributed by atoms with Gasteiger partial charge in [-0.05, 0) is 12.5 Å². The summed E-state index contributed by atoms with van der Waals surface area (Å²) in [6, 6.07) is 7.90. The second kappa shape index (κ2) is 6.60. The lowest BCUT2D eigenvalue weighted by atomic mass is 10.1. The molecule has 1 heterocycles. The molecule has 0 spiro atoms. The van der Waals surface area contributed by atoms with E-state index >= 15 is 0 Å². The van der Waals surface area contributed by atoms with E-state index < -0.39 is 11.9 Å². The van der Waals surface area contributed by atoms with Crippen molar-refractivity contribution in [2.45, 2.75) is 19.9 Å². The van der Waals surface area contributed by atoms with Crippen LogP contribution in [0.4, 0.5) is 0 Å². The molecule has 1 unspecified atom stereocenters. The van der Waals surface area contributed by atoms with Crippen LogP contribution in [0.2, 0.25) is 0 Å². The van der Waals surface area contributed by atoms with Crippen LogP contribution in [0, 0.1) is 12.8 Å². The van der Waals surface area contributed by atoms with Crippen molar-refractivity contribution in [3.63, 3.8) is 0 Å². The van der Waals surface area contributed by atoms with Gasteiger partial charge in [0.1, 0.15) is 6.54 Å². The quantitative estimate of drug-likeness (QED) is 0.876. The third-order valence-corrected chi connectivity index (χ3v) is 3.81. The van der Waals surface area contributed by atoms with E-state index in [0.29, 0.717) is 13.1 Å². The molecule has 1 aliphatic heterocycles. The molecule has 1 saturated heterocycles. The fourth-order valence-electron chi connectivity index (χ4n) is 2.60. The zero-order chi connectivity index (χ0) is 16.3. The summed E-state index contributed by atoms with van der Waals surface area (Å²) in [4.78, 5) is 37.7. The van der Waals surface area contributed by atoms with Crippen molar-refractivity contribution in [2.75, 3.05) is 20.1 Å². The van der Waals surface area contributed by atoms with Gasteiger partial charge < -0.3 is 14.9 Å². The highest BCUT2D eigenvalue weighted by atomic mass is 16.4. The summed E-state index contributed by atoms with van der Waals surface area (Å²) in [6.07, 6.45) is 0.147. The zero-order valence-electron chi connectivity index (χ0n) is 12.8. The number of aliphatic carboxylic acids is 1. The minimum absolute atomic E-state index is 0.0670. The molecular weight excluding hydrogens is 284 g/mol. The highest BCUT2D eigenvalue weighted by molar-refractivity contribution is 5.90. The maximum absolute atomic E-state index is 12.2. The van der Waals surface area contributed by atoms with Gasteiger partial charge in [-0.15, -0.1) is 0 Å². The van der Waals surface area contributed by atoms with Gasteiger partial charge in [0.15, 0.2) is 0 Å². The maximum Gasteiger partial charge on any atom is 0.323 e. The Morgan fingerprint density at radius 2 is 1.95 bits per heavy atom. The molecule has 0 aromatic heterocycles. The number of benzene rings is 1. The van der Waals surface area contributed by atoms with Crippen LogP contribution < -0.4 is 0 Å². The molecule has 118 valence electrons. The zero-order valence-corrected chi connectivity index (χ0v) is 12.8. The van der Waals surface area contributed by atoms with E-state index in [0.717, 1.165) is 16.0 Å². The first kappa shape index (κ1) is 16.0. The number of hydrogen-bond donors (Lipinski definition) is 1. The molecule has 1 aliphatic rings. The van der Waals surface area contributed by atoms with Crippen LogP contribution in [0.25, 0.3) is 0 Å². The molecule has 1 atom stereocenters. The Balaban J connectivity index is 1.97. The third-order valence-electron chi connectivity index (χ3n) is 3.81. The molecule has 6 nitrogen and oxygen atoms in total. The molecule has 2 rings (SSSR count). The Bertz CT molecular complexity index is 582. The summed E-state index contributed by atoms with van der Waals surface area (Å²) >= 11 is 0. The number of carbonyl (C=O) groups excluding carboxylic acids is 2. The number of hydrogen-bond acceptors (Lipinski definition) is 3. The molecule has 0 saturated carbocycles. The fourth-order valence-corrected chi connectivity index (χ4v) is 2.60. The lowest BCUT2D eigenvalue weighted by molar-refractivity contribution is -0.145. The molecule has 2 amide bonds. The van der Waals surface area contributed by atoms with E-state index in [4.69, 9.17) is 5.11 Å². The molecule has 1 aromatic rings. The molecule has 22 heavy (non-hydrogen) atoms. The number of aryl methyl sites for hydroxylation is 1. The molecule has 0 aliphatic carbocycles. The van der Waals surface area contributed by atoms with Gasteiger partial charge in [0.2, 0.25) is 11.8 Å². The predicted molar refractivity (Wildman–Crippen MR) is 80.0 cm³/mol. The molecule has 6 heteroatoms. The van der Waals surface area contributed by atoms with E-state index in [9.17, 15) is 14.4 Å². The van der Waals surface area contributed by atoms with Crippen LogP contribution in [-0.4, -0.2) is 52.8 Å². The second-order valence-electron chi connectivity index (χ2n) is 5.75. The first-order chi connectivity index (χ1) is 10.4. The number of amides is 2. The predicted octanol–water partition coefficient (Wildman–Crippen LogP) is 0.887. The van der Waals surface area contributed by atoms with E-state index in [1.807, 2.05) is 31.2 Å². The Hall–Kier alpha value is -2.37. The first-order valence-electron chi connectivity index (χ1n) is 7.17. The number of carbonyl (C=O) groups is 3. The van der Waals surface area contributed by atoms with Gasteiger partial charge in [0.05, 0.1) is 5.92 Å². The molecule has 1 aromatic carbocycles. The van der Waals surface area contributed by atoms with Crippen LogP contribution in [-0.2, 0) is 20.9 Å². The van der Waals surface area contributed by atoms with Gasteiger partial charge in [-0.25, -0.2) is 0 Å². The van der Waals surface area contributed by atoms with Gasteiger partial charge in [-0.3, -0.25) is 14.4 Å². The van der Waals surface area contributed by atoms with E-state index in [1.54, 1.807) is 4.90 Å². The largest absolute Gasteiger partial charge is 0.480 e. The Morgan fingerprint density at radius 1 is 1.32 bits per heavy atom. The van der Waals surface area contributed by atoms with Gasteiger partial charge in [-0.2, -0.15) is 0 Å². The number of carboxylic acids is 1. The Morgan fingerprint density at radius 3 is 2.55 bits per heavy atom. The summed E-state index contributed by atoms with van der Waals surface area (Å²) in [7, 11) is 1.45. The number of rotatable bonds is 5. The van der Waals surface area contributed by atoms with Crippen molar-refractivity contribution >= 4 is 17.8 Å². The summed E-state index contributed by atoms with van der Waals surface area (Å²) in [5.74, 6) is -1.87. The highest BCUT2D eigenvalue weighted by Crippen LogP contribution is 2.22. The van der Waals surface area contributed by atoms with Crippen molar-refractivity contribution in [1.82, 2.24) is 9.80 Å². The third kappa shape index (κ3) is 3.84. The topological polar surface area (TPSA) is 77.9 Å². The fraction of sp³-hybridized carbons (Fsp3) is 0.438. The molecule has 0 radical (unpaired) electrons. The Labute approximate surface area is 129 Å². The average molecular weight is 304 g/mol. The monoisotopic (exact) mass is 304 g/mol. The van der Waals surface area contributed by atoms with Gasteiger partial charge in [-0.1, -0.05) is 29.8 Å². The lowest BCUT2D eigenvalue weighted by Crippen LogP contribution is -2.37. The minimum Gasteiger partial charge on any atom is -0.480 e. The average Bonchev–Trinajstić information content (AvgIpc) is 2.81. The SMILES string of the molecule is Cc1ccc(CN2CC(C(=O)N(C)CC(=O)O)CC2=O)cc1. The number of likely N-dealkylation sites (tertiary alicyclic amines) is 1. The van der Waals surface area contributed by atoms with Gasteiger partial charge in [0.25, 0.3) is 0 Å². The van der Waals surface area contributed by atoms with Crippen molar-refractivity contribution < 1.29 is 19.5 Å². The summed E-state index contributed by atoms with van der Waals surface area (Å²) in [5, 5.41) is 8.73. The standard InChI is InChI=1S/C16H20N2O4/c1-11-3-5-12(6-4-11)8-18-9-13(7-14(18)19)16(22)17(2)10-15(20)21/h3-6,13H,7-10H2,1-2H3,(H,20,21). The Kier molecular flexibility index (Phi) is 4.80. The lowest BCUT2D eigenvalue weighted by Gasteiger charge is -2.20. The maximum atomic E-state index is 12.2. The normalized spacial score (nSPS) is 17.6. The van der Waals surface area contributed by atoms with Crippen molar-refractivity contribution in [3.05, 3.63) is 35.4 Å². The number of nitrogens with zero attached hydrogens (tertiary/aromatic N) is 2. The van der Waals surface area contributed by atoms with E-state index in [2.05, 4.69) is 0 Å². The molecular formula is C16H20N2O4. The van der Waals surface area contributed by atoms with E-state index in [-0.39, 0.29) is 24.8 Å². The van der Waals surface area contributed by atoms with Crippen LogP contribution in [0.5, 0.6) is 0 Å². The minimum atomic E-state index is -1.06. The van der Waals surface area contributed by atoms with E-state index in [1.165, 1.54) is 7.05 Å². The summed E-state index contributed by atoms with van der Waals surface area (Å²) in [6.45, 7) is 2.47. The van der Waals surface area contributed by atoms with Gasteiger partial charge in [0, 0.05) is 26.6 Å². The van der Waals surface area contributed by atoms with Crippen LogP contribution in [0.15, 0.2) is 24.3 Å². The molecule has 1 fully saturated rings.